The molecule has 108 valence electrons. The molecule has 0 bridgehead atoms. The molecule has 1 rings (SSSR count). The van der Waals surface area contributed by atoms with Crippen LogP contribution >= 0.6 is 0 Å². The van der Waals surface area contributed by atoms with Gasteiger partial charge in [0.25, 0.3) is 0 Å². The van der Waals surface area contributed by atoms with Gasteiger partial charge in [0.2, 0.25) is 5.95 Å². The van der Waals surface area contributed by atoms with Crippen molar-refractivity contribution in [2.45, 2.75) is 31.8 Å². The Kier molecular flexibility index (Phi) is 4.18. The van der Waals surface area contributed by atoms with Crippen LogP contribution in [-0.2, 0) is 6.18 Å². The van der Waals surface area contributed by atoms with Crippen LogP contribution in [0.25, 0.3) is 0 Å². The largest absolute Gasteiger partial charge is 0.421 e. The maximum Gasteiger partial charge on any atom is 0.421 e. The number of nitrogens with two attached hydrogens (primary N) is 1. The second kappa shape index (κ2) is 5.16. The number of nitrogens with one attached hydrogen (secondary N) is 1. The summed E-state index contributed by atoms with van der Waals surface area (Å²) in [6.45, 7) is 1.87. The van der Waals surface area contributed by atoms with Gasteiger partial charge in [0.05, 0.1) is 12.1 Å². The van der Waals surface area contributed by atoms with Gasteiger partial charge in [0.1, 0.15) is 17.6 Å². The van der Waals surface area contributed by atoms with E-state index in [4.69, 9.17) is 5.73 Å². The normalized spacial score (nSPS) is 14.3. The molecule has 0 saturated heterocycles. The Balaban J connectivity index is 2.92. The molecule has 0 spiro atoms. The Labute approximate surface area is 106 Å². The summed E-state index contributed by atoms with van der Waals surface area (Å²) in [5.74, 6) is -0.985. The van der Waals surface area contributed by atoms with Crippen LogP contribution in [-0.4, -0.2) is 33.4 Å². The summed E-state index contributed by atoms with van der Waals surface area (Å²) in [6.07, 6.45) is -5.94. The molecule has 0 aliphatic heterocycles. The summed E-state index contributed by atoms with van der Waals surface area (Å²) in [7, 11) is 0. The van der Waals surface area contributed by atoms with Gasteiger partial charge in [-0.15, -0.1) is 0 Å². The van der Waals surface area contributed by atoms with Gasteiger partial charge in [-0.1, -0.05) is 0 Å². The van der Waals surface area contributed by atoms with Gasteiger partial charge in [-0.25, -0.2) is 9.37 Å². The van der Waals surface area contributed by atoms with Crippen molar-refractivity contribution in [1.29, 1.82) is 0 Å². The van der Waals surface area contributed by atoms with Crippen molar-refractivity contribution in [1.82, 2.24) is 9.97 Å². The van der Waals surface area contributed by atoms with E-state index in [1.807, 2.05) is 0 Å². The van der Waals surface area contributed by atoms with Crippen LogP contribution in [0.4, 0.5) is 29.3 Å². The first kappa shape index (κ1) is 15.4. The summed E-state index contributed by atoms with van der Waals surface area (Å²) in [5.41, 5.74) is 2.37. The predicted molar refractivity (Wildman–Crippen MR) is 61.1 cm³/mol. The van der Waals surface area contributed by atoms with Crippen LogP contribution < -0.4 is 11.1 Å². The molecule has 5 nitrogen and oxygen atoms in total. The number of anilines is 2. The summed E-state index contributed by atoms with van der Waals surface area (Å²) >= 11 is 0. The van der Waals surface area contributed by atoms with E-state index in [0.717, 1.165) is 0 Å². The molecule has 9 heteroatoms. The third kappa shape index (κ3) is 4.19. The topological polar surface area (TPSA) is 84.1 Å². The molecule has 0 radical (unpaired) electrons. The molecule has 0 saturated carbocycles. The number of halogens is 4. The fourth-order valence-corrected chi connectivity index (χ4v) is 1.17. The summed E-state index contributed by atoms with van der Waals surface area (Å²) < 4.78 is 51.4. The molecular weight excluding hydrogens is 268 g/mol. The first-order chi connectivity index (χ1) is 8.51. The first-order valence-electron chi connectivity index (χ1n) is 5.32. The fraction of sp³-hybridized carbons (Fsp3) is 0.600. The van der Waals surface area contributed by atoms with Crippen molar-refractivity contribution in [3.8, 4) is 0 Å². The minimum atomic E-state index is -4.68. The lowest BCUT2D eigenvalue weighted by Gasteiger charge is -2.23. The lowest BCUT2D eigenvalue weighted by Crippen LogP contribution is -2.38. The minimum Gasteiger partial charge on any atom is -0.387 e. The Morgan fingerprint density at radius 1 is 1.42 bits per heavy atom. The lowest BCUT2D eigenvalue weighted by molar-refractivity contribution is -0.137. The number of aliphatic hydroxyl groups is 1. The van der Waals surface area contributed by atoms with Crippen molar-refractivity contribution >= 4 is 11.8 Å². The summed E-state index contributed by atoms with van der Waals surface area (Å²) in [5, 5.41) is 11.5. The minimum absolute atomic E-state index is 0.367. The SMILES string of the molecule is CC(C)(O)[C@@H](F)CNc1nc(N)ncc1C(F)(F)F. The molecule has 1 atom stereocenters. The molecule has 0 aliphatic rings. The van der Waals surface area contributed by atoms with Crippen LogP contribution in [0.2, 0.25) is 0 Å². The summed E-state index contributed by atoms with van der Waals surface area (Å²) in [4.78, 5) is 6.63. The zero-order valence-corrected chi connectivity index (χ0v) is 10.3. The molecule has 1 aromatic heterocycles. The van der Waals surface area contributed by atoms with E-state index in [0.29, 0.717) is 6.20 Å². The number of aromatic nitrogens is 2. The number of hydrogen-bond acceptors (Lipinski definition) is 5. The van der Waals surface area contributed by atoms with Crippen molar-refractivity contribution in [2.24, 2.45) is 0 Å². The first-order valence-corrected chi connectivity index (χ1v) is 5.32. The Morgan fingerprint density at radius 3 is 2.47 bits per heavy atom. The monoisotopic (exact) mass is 282 g/mol. The quantitative estimate of drug-likeness (QED) is 0.730. The van der Waals surface area contributed by atoms with Crippen molar-refractivity contribution in [2.75, 3.05) is 17.6 Å². The van der Waals surface area contributed by atoms with Crippen molar-refractivity contribution in [3.63, 3.8) is 0 Å². The van der Waals surface area contributed by atoms with E-state index >= 15 is 0 Å². The van der Waals surface area contributed by atoms with E-state index < -0.39 is 35.9 Å². The Hall–Kier alpha value is -1.64. The predicted octanol–water partition coefficient (Wildman–Crippen LogP) is 1.60. The van der Waals surface area contributed by atoms with Gasteiger partial charge in [0.15, 0.2) is 0 Å². The lowest BCUT2D eigenvalue weighted by atomic mass is 10.0. The molecule has 19 heavy (non-hydrogen) atoms. The average molecular weight is 282 g/mol. The second-order valence-corrected chi connectivity index (χ2v) is 4.49. The molecule has 1 aromatic rings. The molecular formula is C10H14F4N4O. The number of alkyl halides is 4. The van der Waals surface area contributed by atoms with Crippen LogP contribution in [0.1, 0.15) is 19.4 Å². The number of rotatable bonds is 4. The van der Waals surface area contributed by atoms with Crippen LogP contribution in [0.15, 0.2) is 6.20 Å². The summed E-state index contributed by atoms with van der Waals surface area (Å²) in [6, 6.07) is 0. The van der Waals surface area contributed by atoms with E-state index in [-0.39, 0.29) is 5.95 Å². The van der Waals surface area contributed by atoms with Crippen LogP contribution in [0, 0.1) is 0 Å². The highest BCUT2D eigenvalue weighted by atomic mass is 19.4. The molecule has 0 aromatic carbocycles. The van der Waals surface area contributed by atoms with E-state index in [1.165, 1.54) is 13.8 Å². The zero-order valence-electron chi connectivity index (χ0n) is 10.3. The van der Waals surface area contributed by atoms with Crippen LogP contribution in [0.3, 0.4) is 0 Å². The Morgan fingerprint density at radius 2 is 2.00 bits per heavy atom. The highest BCUT2D eigenvalue weighted by Crippen LogP contribution is 2.33. The molecule has 0 aliphatic carbocycles. The van der Waals surface area contributed by atoms with Gasteiger partial charge >= 0.3 is 6.18 Å². The molecule has 4 N–H and O–H groups in total. The standard InChI is InChI=1S/C10H14F4N4O/c1-9(2,19)6(11)4-16-7-5(10(12,13)14)3-17-8(15)18-7/h3,6,19H,4H2,1-2H3,(H3,15,16,17,18)/t6-/m0/s1. The third-order valence-corrected chi connectivity index (χ3v) is 2.33. The molecule has 0 amide bonds. The average Bonchev–Trinajstić information content (AvgIpc) is 2.22. The fourth-order valence-electron chi connectivity index (χ4n) is 1.17. The maximum absolute atomic E-state index is 13.5. The third-order valence-electron chi connectivity index (χ3n) is 2.33. The molecule has 1 heterocycles. The second-order valence-electron chi connectivity index (χ2n) is 4.49. The van der Waals surface area contributed by atoms with E-state index in [9.17, 15) is 22.7 Å². The van der Waals surface area contributed by atoms with Gasteiger partial charge in [0, 0.05) is 6.20 Å². The highest BCUT2D eigenvalue weighted by molar-refractivity contribution is 5.47. The Bertz CT molecular complexity index is 444. The number of nitrogen functional groups attached to an aromatic ring is 1. The van der Waals surface area contributed by atoms with Crippen molar-refractivity contribution in [3.05, 3.63) is 11.8 Å². The van der Waals surface area contributed by atoms with Gasteiger partial charge < -0.3 is 16.2 Å². The molecule has 0 fully saturated rings. The van der Waals surface area contributed by atoms with Gasteiger partial charge in [-0.2, -0.15) is 18.2 Å². The molecule has 0 unspecified atom stereocenters. The number of hydrogen-bond donors (Lipinski definition) is 3. The van der Waals surface area contributed by atoms with Crippen LogP contribution in [0.5, 0.6) is 0 Å². The van der Waals surface area contributed by atoms with E-state index in [1.54, 1.807) is 0 Å². The smallest absolute Gasteiger partial charge is 0.387 e. The number of nitrogens with zero attached hydrogens (tertiary/aromatic N) is 2. The van der Waals surface area contributed by atoms with Crippen molar-refractivity contribution < 1.29 is 22.7 Å². The van der Waals surface area contributed by atoms with E-state index in [2.05, 4.69) is 15.3 Å². The zero-order chi connectivity index (χ0) is 14.8. The van der Waals surface area contributed by atoms with Gasteiger partial charge in [-0.05, 0) is 13.8 Å². The highest BCUT2D eigenvalue weighted by Gasteiger charge is 2.36. The maximum atomic E-state index is 13.5. The van der Waals surface area contributed by atoms with Gasteiger partial charge in [-0.3, -0.25) is 0 Å².